The van der Waals surface area contributed by atoms with Gasteiger partial charge in [-0.3, -0.25) is 4.79 Å². The Labute approximate surface area is 121 Å². The summed E-state index contributed by atoms with van der Waals surface area (Å²) in [4.78, 5) is 13.2. The fraction of sp³-hybridized carbons (Fsp3) is 0.538. The van der Waals surface area contributed by atoms with Crippen LogP contribution in [0.15, 0.2) is 6.07 Å². The molecule has 0 bridgehead atoms. The third kappa shape index (κ3) is 2.87. The highest BCUT2D eigenvalue weighted by Gasteiger charge is 2.25. The Morgan fingerprint density at radius 3 is 2.65 bits per heavy atom. The van der Waals surface area contributed by atoms with Crippen LogP contribution in [0.4, 0.5) is 0 Å². The summed E-state index contributed by atoms with van der Waals surface area (Å²) in [6.07, 6.45) is 0.0129. The number of carboxylic acid groups (broad SMARTS) is 1. The van der Waals surface area contributed by atoms with E-state index < -0.39 is 5.97 Å². The summed E-state index contributed by atoms with van der Waals surface area (Å²) in [5.41, 5.74) is 1.19. The third-order valence-electron chi connectivity index (χ3n) is 3.35. The van der Waals surface area contributed by atoms with Crippen LogP contribution in [0.25, 0.3) is 10.7 Å². The maximum absolute atomic E-state index is 11.0. The van der Waals surface area contributed by atoms with Gasteiger partial charge in [0.2, 0.25) is 0 Å². The Kier molecular flexibility index (Phi) is 4.17. The van der Waals surface area contributed by atoms with Crippen molar-refractivity contribution in [2.75, 3.05) is 0 Å². The molecule has 0 saturated carbocycles. The van der Waals surface area contributed by atoms with E-state index >= 15 is 0 Å². The molecule has 0 aromatic carbocycles. The van der Waals surface area contributed by atoms with Crippen molar-refractivity contribution >= 4 is 17.3 Å². The SMILES string of the molecule is Cc1cc(-c2nnnn2C(CC(=O)O)C(C)C)sc1C. The zero-order valence-corrected chi connectivity index (χ0v) is 12.8. The van der Waals surface area contributed by atoms with Gasteiger partial charge in [0, 0.05) is 4.88 Å². The minimum Gasteiger partial charge on any atom is -0.481 e. The van der Waals surface area contributed by atoms with Crippen molar-refractivity contribution in [2.45, 2.75) is 40.2 Å². The van der Waals surface area contributed by atoms with Crippen LogP contribution in [0.1, 0.15) is 36.8 Å². The maximum Gasteiger partial charge on any atom is 0.305 e. The maximum atomic E-state index is 11.0. The van der Waals surface area contributed by atoms with Gasteiger partial charge in [0.15, 0.2) is 5.82 Å². The van der Waals surface area contributed by atoms with Crippen molar-refractivity contribution < 1.29 is 9.90 Å². The molecule has 0 radical (unpaired) electrons. The molecular formula is C13H18N4O2S. The van der Waals surface area contributed by atoms with E-state index in [1.807, 2.05) is 26.8 Å². The number of thiophene rings is 1. The monoisotopic (exact) mass is 294 g/mol. The molecule has 2 heterocycles. The Bertz CT molecular complexity index is 598. The van der Waals surface area contributed by atoms with Gasteiger partial charge < -0.3 is 5.11 Å². The Hall–Kier alpha value is -1.76. The van der Waals surface area contributed by atoms with Gasteiger partial charge in [-0.1, -0.05) is 13.8 Å². The fourth-order valence-corrected chi connectivity index (χ4v) is 3.06. The summed E-state index contributed by atoms with van der Waals surface area (Å²) in [6.45, 7) is 8.05. The van der Waals surface area contributed by atoms with E-state index in [2.05, 4.69) is 22.4 Å². The molecular weight excluding hydrogens is 276 g/mol. The second kappa shape index (κ2) is 5.70. The van der Waals surface area contributed by atoms with Crippen LogP contribution >= 0.6 is 11.3 Å². The number of aliphatic carboxylic acids is 1. The number of aryl methyl sites for hydroxylation is 2. The van der Waals surface area contributed by atoms with E-state index in [1.54, 1.807) is 16.0 Å². The second-order valence-corrected chi connectivity index (χ2v) is 6.46. The lowest BCUT2D eigenvalue weighted by Crippen LogP contribution is -2.21. The van der Waals surface area contributed by atoms with Crippen LogP contribution < -0.4 is 0 Å². The Morgan fingerprint density at radius 2 is 2.15 bits per heavy atom. The minimum atomic E-state index is -0.844. The van der Waals surface area contributed by atoms with Gasteiger partial charge in [-0.05, 0) is 41.8 Å². The van der Waals surface area contributed by atoms with Gasteiger partial charge in [0.25, 0.3) is 0 Å². The number of nitrogens with zero attached hydrogens (tertiary/aromatic N) is 4. The average molecular weight is 294 g/mol. The van der Waals surface area contributed by atoms with E-state index in [4.69, 9.17) is 5.11 Å². The van der Waals surface area contributed by atoms with Crippen LogP contribution in [0, 0.1) is 19.8 Å². The van der Waals surface area contributed by atoms with E-state index in [0.717, 1.165) is 4.88 Å². The largest absolute Gasteiger partial charge is 0.481 e. The molecule has 0 aliphatic carbocycles. The van der Waals surface area contributed by atoms with Crippen molar-refractivity contribution in [1.82, 2.24) is 20.2 Å². The predicted molar refractivity (Wildman–Crippen MR) is 76.7 cm³/mol. The number of rotatable bonds is 5. The summed E-state index contributed by atoms with van der Waals surface area (Å²) >= 11 is 1.62. The highest BCUT2D eigenvalue weighted by Crippen LogP contribution is 2.32. The topological polar surface area (TPSA) is 80.9 Å². The number of carbonyl (C=O) groups is 1. The molecule has 2 rings (SSSR count). The lowest BCUT2D eigenvalue weighted by Gasteiger charge is -2.19. The number of aromatic nitrogens is 4. The van der Waals surface area contributed by atoms with Crippen molar-refractivity contribution in [3.8, 4) is 10.7 Å². The Balaban J connectivity index is 2.42. The number of carboxylic acids is 1. The first-order valence-corrected chi connectivity index (χ1v) is 7.29. The molecule has 2 aromatic rings. The predicted octanol–water partition coefficient (Wildman–Crippen LogP) is 2.69. The Morgan fingerprint density at radius 1 is 1.45 bits per heavy atom. The van der Waals surface area contributed by atoms with Crippen LogP contribution in [0.3, 0.4) is 0 Å². The zero-order valence-electron chi connectivity index (χ0n) is 12.0. The molecule has 1 unspecified atom stereocenters. The minimum absolute atomic E-state index is 0.0129. The molecule has 0 aliphatic heterocycles. The van der Waals surface area contributed by atoms with Gasteiger partial charge >= 0.3 is 5.97 Å². The first kappa shape index (κ1) is 14.6. The van der Waals surface area contributed by atoms with E-state index in [1.165, 1.54) is 10.4 Å². The summed E-state index contributed by atoms with van der Waals surface area (Å²) < 4.78 is 1.64. The van der Waals surface area contributed by atoms with Crippen molar-refractivity contribution in [2.24, 2.45) is 5.92 Å². The molecule has 0 spiro atoms. The van der Waals surface area contributed by atoms with Crippen LogP contribution in [0.5, 0.6) is 0 Å². The number of tetrazole rings is 1. The van der Waals surface area contributed by atoms with Gasteiger partial charge in [0.1, 0.15) is 0 Å². The smallest absolute Gasteiger partial charge is 0.305 e. The highest BCUT2D eigenvalue weighted by molar-refractivity contribution is 7.15. The molecule has 108 valence electrons. The molecule has 20 heavy (non-hydrogen) atoms. The summed E-state index contributed by atoms with van der Waals surface area (Å²) in [5, 5.41) is 20.9. The first-order chi connectivity index (χ1) is 9.40. The molecule has 0 fully saturated rings. The molecule has 0 aliphatic rings. The molecule has 7 heteroatoms. The third-order valence-corrected chi connectivity index (χ3v) is 4.50. The number of hydrogen-bond acceptors (Lipinski definition) is 5. The van der Waals surface area contributed by atoms with E-state index in [0.29, 0.717) is 5.82 Å². The van der Waals surface area contributed by atoms with Gasteiger partial charge in [-0.15, -0.1) is 16.4 Å². The van der Waals surface area contributed by atoms with Crippen molar-refractivity contribution in [3.05, 3.63) is 16.5 Å². The van der Waals surface area contributed by atoms with Crippen LogP contribution in [-0.4, -0.2) is 31.3 Å². The van der Waals surface area contributed by atoms with Gasteiger partial charge in [-0.2, -0.15) is 0 Å². The van der Waals surface area contributed by atoms with Crippen molar-refractivity contribution in [3.63, 3.8) is 0 Å². The van der Waals surface area contributed by atoms with Crippen LogP contribution in [0.2, 0.25) is 0 Å². The molecule has 6 nitrogen and oxygen atoms in total. The van der Waals surface area contributed by atoms with Crippen molar-refractivity contribution in [1.29, 1.82) is 0 Å². The van der Waals surface area contributed by atoms with Crippen LogP contribution in [-0.2, 0) is 4.79 Å². The van der Waals surface area contributed by atoms with Gasteiger partial charge in [-0.25, -0.2) is 4.68 Å². The second-order valence-electron chi connectivity index (χ2n) is 5.21. The first-order valence-electron chi connectivity index (χ1n) is 6.47. The molecule has 1 N–H and O–H groups in total. The normalized spacial score (nSPS) is 12.8. The quantitative estimate of drug-likeness (QED) is 0.917. The molecule has 0 amide bonds. The lowest BCUT2D eigenvalue weighted by atomic mass is 10.0. The molecule has 0 saturated heterocycles. The average Bonchev–Trinajstić information content (AvgIpc) is 2.93. The summed E-state index contributed by atoms with van der Waals surface area (Å²) in [5.74, 6) is -0.0645. The number of hydrogen-bond donors (Lipinski definition) is 1. The highest BCUT2D eigenvalue weighted by atomic mass is 32.1. The van der Waals surface area contributed by atoms with E-state index in [-0.39, 0.29) is 18.4 Å². The fourth-order valence-electron chi connectivity index (χ4n) is 2.05. The zero-order chi connectivity index (χ0) is 14.9. The molecule has 1 atom stereocenters. The summed E-state index contributed by atoms with van der Waals surface area (Å²) in [6, 6.07) is 1.79. The lowest BCUT2D eigenvalue weighted by molar-refractivity contribution is -0.138. The van der Waals surface area contributed by atoms with E-state index in [9.17, 15) is 4.79 Å². The van der Waals surface area contributed by atoms with Gasteiger partial charge in [0.05, 0.1) is 17.3 Å². The summed E-state index contributed by atoms with van der Waals surface area (Å²) in [7, 11) is 0. The molecule has 2 aromatic heterocycles. The standard InChI is InChI=1S/C13H18N4O2S/c1-7(2)10(6-12(18)19)17-13(14-15-16-17)11-5-8(3)9(4)20-11/h5,7,10H,6H2,1-4H3,(H,18,19).